The van der Waals surface area contributed by atoms with Gasteiger partial charge in [0.2, 0.25) is 11.8 Å². The number of unbranched alkanes of at least 4 members (excludes halogenated alkanes) is 1. The molecular formula is C31H60N4O10. The van der Waals surface area contributed by atoms with Crippen LogP contribution in [-0.4, -0.2) is 111 Å². The van der Waals surface area contributed by atoms with Crippen LogP contribution in [0.2, 0.25) is 0 Å². The topological polar surface area (TPSA) is 177 Å². The minimum Gasteiger partial charge on any atom is -0.443 e. The van der Waals surface area contributed by atoms with Crippen molar-refractivity contribution in [2.75, 3.05) is 53.4 Å². The maximum atomic E-state index is 13.2. The molecule has 0 rings (SSSR count). The lowest BCUT2D eigenvalue weighted by Crippen LogP contribution is -2.54. The van der Waals surface area contributed by atoms with E-state index in [1.165, 1.54) is 0 Å². The van der Waals surface area contributed by atoms with Crippen molar-refractivity contribution in [3.63, 3.8) is 0 Å². The Balaban J connectivity index is 5.01. The molecule has 0 aliphatic carbocycles. The summed E-state index contributed by atoms with van der Waals surface area (Å²) in [5.41, 5.74) is 3.21. The Hall–Kier alpha value is -2.52. The molecule has 0 saturated carbocycles. The molecule has 0 radical (unpaired) electrons. The van der Waals surface area contributed by atoms with Crippen molar-refractivity contribution in [3.8, 4) is 0 Å². The molecule has 2 atom stereocenters. The van der Waals surface area contributed by atoms with E-state index in [4.69, 9.17) is 34.2 Å². The lowest BCUT2D eigenvalue weighted by molar-refractivity contribution is -0.133. The van der Waals surface area contributed by atoms with Crippen molar-refractivity contribution in [1.82, 2.24) is 15.5 Å². The number of carbonyl (C=O) groups is 4. The van der Waals surface area contributed by atoms with Gasteiger partial charge in [0.25, 0.3) is 0 Å². The van der Waals surface area contributed by atoms with Crippen LogP contribution in [0.15, 0.2) is 0 Å². The molecule has 0 aromatic carbocycles. The summed E-state index contributed by atoms with van der Waals surface area (Å²) in [7, 11) is 1.63. The van der Waals surface area contributed by atoms with E-state index in [1.54, 1.807) is 48.7 Å². The second-order valence-corrected chi connectivity index (χ2v) is 13.5. The van der Waals surface area contributed by atoms with Crippen molar-refractivity contribution in [2.24, 2.45) is 5.73 Å². The van der Waals surface area contributed by atoms with Gasteiger partial charge in [-0.25, -0.2) is 9.59 Å². The Morgan fingerprint density at radius 2 is 1.40 bits per heavy atom. The van der Waals surface area contributed by atoms with E-state index in [0.717, 1.165) is 11.3 Å². The van der Waals surface area contributed by atoms with Crippen LogP contribution < -0.4 is 16.4 Å². The lowest BCUT2D eigenvalue weighted by atomic mass is 9.99. The fraction of sp³-hybridized carbons (Fsp3) is 0.871. The van der Waals surface area contributed by atoms with E-state index in [1.807, 2.05) is 20.8 Å². The number of nitrogens with zero attached hydrogens (tertiary/aromatic N) is 1. The van der Waals surface area contributed by atoms with Crippen LogP contribution in [0.1, 0.15) is 94.4 Å². The van der Waals surface area contributed by atoms with E-state index in [-0.39, 0.29) is 31.8 Å². The maximum Gasteiger partial charge on any atom is 0.421 e. The third-order valence-corrected chi connectivity index (χ3v) is 5.97. The number of hydrogen-bond donors (Lipinski definition) is 3. The van der Waals surface area contributed by atoms with Gasteiger partial charge in [-0.2, -0.15) is 4.90 Å². The first kappa shape index (κ1) is 42.5. The maximum absolute atomic E-state index is 13.2. The van der Waals surface area contributed by atoms with E-state index < -0.39 is 47.6 Å². The van der Waals surface area contributed by atoms with Crippen LogP contribution in [0.25, 0.3) is 0 Å². The number of nitrogens with one attached hydrogen (secondary N) is 2. The number of carbonyl (C=O) groups excluding carboxylic acids is 4. The molecule has 0 aliphatic rings. The van der Waals surface area contributed by atoms with E-state index in [9.17, 15) is 19.2 Å². The van der Waals surface area contributed by atoms with Crippen LogP contribution in [0.4, 0.5) is 9.59 Å². The highest BCUT2D eigenvalue weighted by molar-refractivity contribution is 5.88. The number of hydrogen-bond acceptors (Lipinski definition) is 11. The molecule has 0 spiro atoms. The lowest BCUT2D eigenvalue weighted by Gasteiger charge is -2.30. The summed E-state index contributed by atoms with van der Waals surface area (Å²) < 4.78 is 32.4. The van der Waals surface area contributed by atoms with Gasteiger partial charge in [0.1, 0.15) is 30.6 Å². The highest BCUT2D eigenvalue weighted by Crippen LogP contribution is 2.16. The van der Waals surface area contributed by atoms with Crippen molar-refractivity contribution >= 4 is 24.0 Å². The second-order valence-electron chi connectivity index (χ2n) is 13.5. The van der Waals surface area contributed by atoms with Crippen LogP contribution >= 0.6 is 0 Å². The fourth-order valence-corrected chi connectivity index (χ4v) is 3.62. The zero-order valence-corrected chi connectivity index (χ0v) is 29.2. The van der Waals surface area contributed by atoms with Gasteiger partial charge in [0.05, 0.1) is 25.9 Å². The standard InChI is InChI=1S/C31H60N4O10/c1-23(14-17-40-10)43-20-19-41-21-25(36)33-24(13-11-12-16-32)26(37)34-31(8,9)15-18-42-22-35(27(38)44-29(2,3)4)28(39)45-30(5,6)7/h23-24H,11-22,32H2,1-10H3,(H,33,36)(H,34,37)/t23?,24-/m0/s1. The summed E-state index contributed by atoms with van der Waals surface area (Å²) >= 11 is 0. The van der Waals surface area contributed by atoms with Gasteiger partial charge in [-0.3, -0.25) is 9.59 Å². The predicted octanol–water partition coefficient (Wildman–Crippen LogP) is 3.49. The van der Waals surface area contributed by atoms with Gasteiger partial charge < -0.3 is 44.8 Å². The van der Waals surface area contributed by atoms with E-state index in [0.29, 0.717) is 45.4 Å². The third kappa shape index (κ3) is 22.6. The Bertz CT molecular complexity index is 859. The van der Waals surface area contributed by atoms with Gasteiger partial charge in [-0.05, 0) is 101 Å². The zero-order valence-electron chi connectivity index (χ0n) is 29.2. The largest absolute Gasteiger partial charge is 0.443 e. The molecule has 45 heavy (non-hydrogen) atoms. The summed E-state index contributed by atoms with van der Waals surface area (Å²) in [6.45, 7) is 16.8. The first-order valence-corrected chi connectivity index (χ1v) is 15.6. The minimum absolute atomic E-state index is 0.0145. The zero-order chi connectivity index (χ0) is 34.7. The Morgan fingerprint density at radius 3 is 1.93 bits per heavy atom. The molecule has 4 N–H and O–H groups in total. The van der Waals surface area contributed by atoms with Crippen molar-refractivity contribution in [2.45, 2.75) is 123 Å². The quantitative estimate of drug-likeness (QED) is 0.123. The molecule has 4 amide bonds. The SMILES string of the molecule is COCCC(C)OCCOCC(=O)N[C@@H](CCCCN)C(=O)NC(C)(C)CCOCN(C(=O)OC(C)(C)C)C(=O)OC(C)(C)C. The first-order valence-electron chi connectivity index (χ1n) is 15.6. The summed E-state index contributed by atoms with van der Waals surface area (Å²) in [6, 6.07) is -0.784. The van der Waals surface area contributed by atoms with Gasteiger partial charge in [-0.1, -0.05) is 0 Å². The van der Waals surface area contributed by atoms with Crippen LogP contribution in [0, 0.1) is 0 Å². The fourth-order valence-electron chi connectivity index (χ4n) is 3.62. The minimum atomic E-state index is -0.895. The molecule has 0 aromatic heterocycles. The van der Waals surface area contributed by atoms with Gasteiger partial charge >= 0.3 is 12.2 Å². The number of rotatable bonds is 21. The van der Waals surface area contributed by atoms with E-state index >= 15 is 0 Å². The van der Waals surface area contributed by atoms with Gasteiger partial charge in [-0.15, -0.1) is 0 Å². The van der Waals surface area contributed by atoms with Crippen molar-refractivity contribution in [3.05, 3.63) is 0 Å². The average molecular weight is 649 g/mol. The first-order chi connectivity index (χ1) is 20.8. The summed E-state index contributed by atoms with van der Waals surface area (Å²) in [5, 5.41) is 5.71. The molecular weight excluding hydrogens is 588 g/mol. The molecule has 0 aliphatic heterocycles. The van der Waals surface area contributed by atoms with Crippen LogP contribution in [0.5, 0.6) is 0 Å². The molecule has 14 nitrogen and oxygen atoms in total. The Morgan fingerprint density at radius 1 is 0.800 bits per heavy atom. The summed E-state index contributed by atoms with van der Waals surface area (Å²) in [6.07, 6.45) is 1.08. The highest BCUT2D eigenvalue weighted by Gasteiger charge is 2.32. The molecule has 14 heteroatoms. The molecule has 264 valence electrons. The van der Waals surface area contributed by atoms with Crippen molar-refractivity contribution < 1.29 is 47.6 Å². The summed E-state index contributed by atoms with van der Waals surface area (Å²) in [4.78, 5) is 51.8. The molecule has 0 aromatic rings. The number of ether oxygens (including phenoxy) is 6. The molecule has 1 unspecified atom stereocenters. The summed E-state index contributed by atoms with van der Waals surface area (Å²) in [5.74, 6) is -0.773. The average Bonchev–Trinajstić information content (AvgIpc) is 2.88. The normalized spacial score (nSPS) is 13.5. The van der Waals surface area contributed by atoms with E-state index in [2.05, 4.69) is 10.6 Å². The second kappa shape index (κ2) is 21.3. The number of imide groups is 1. The molecule has 0 saturated heterocycles. The monoisotopic (exact) mass is 648 g/mol. The Kier molecular flexibility index (Phi) is 20.1. The Labute approximate surface area is 269 Å². The van der Waals surface area contributed by atoms with Crippen LogP contribution in [-0.2, 0) is 38.0 Å². The van der Waals surface area contributed by atoms with Crippen LogP contribution in [0.3, 0.4) is 0 Å². The molecule has 0 bridgehead atoms. The smallest absolute Gasteiger partial charge is 0.421 e. The van der Waals surface area contributed by atoms with Gasteiger partial charge in [0, 0.05) is 19.3 Å². The predicted molar refractivity (Wildman–Crippen MR) is 170 cm³/mol. The number of nitrogens with two attached hydrogens (primary N) is 1. The number of methoxy groups -OCH3 is 1. The molecule has 0 heterocycles. The third-order valence-electron chi connectivity index (χ3n) is 5.97. The van der Waals surface area contributed by atoms with Crippen molar-refractivity contribution in [1.29, 1.82) is 0 Å². The molecule has 0 fully saturated rings. The number of amides is 4. The van der Waals surface area contributed by atoms with Gasteiger partial charge in [0.15, 0.2) is 0 Å². The highest BCUT2D eigenvalue weighted by atomic mass is 16.6.